The minimum absolute atomic E-state index is 0.0563. The number of hydrogen-bond acceptors (Lipinski definition) is 10. The smallest absolute Gasteiger partial charge is 0.255 e. The number of nitrogens with one attached hydrogen (secondary N) is 4. The molecule has 4 N–H and O–H groups in total. The van der Waals surface area contributed by atoms with Crippen molar-refractivity contribution >= 4 is 63.4 Å². The lowest BCUT2D eigenvalue weighted by Gasteiger charge is -2.32. The molecule has 4 aliphatic rings. The van der Waals surface area contributed by atoms with E-state index in [0.29, 0.717) is 44.0 Å². The Hall–Kier alpha value is -4.56. The Labute approximate surface area is 286 Å². The monoisotopic (exact) mass is 719 g/mol. The zero-order valence-electron chi connectivity index (χ0n) is 26.4. The number of imide groups is 1. The maximum absolute atomic E-state index is 12.9. The first-order chi connectivity index (χ1) is 23.3. The molecule has 2 unspecified atom stereocenters. The molecule has 252 valence electrons. The molecule has 2 saturated heterocycles. The largest absolute Gasteiger partial charge is 0.491 e. The molecule has 14 heteroatoms. The van der Waals surface area contributed by atoms with Crippen LogP contribution in [-0.2, 0) is 25.7 Å². The lowest BCUT2D eigenvalue weighted by atomic mass is 10.0. The number of amides is 4. The number of carbonyl (C=O) groups excluding carboxylic acids is 4. The highest BCUT2D eigenvalue weighted by Crippen LogP contribution is 2.36. The SMILES string of the molecule is N=C/C(=C\NC1CCN(C(=O)CCOCCOc2ccc3c(c2)CN(C2CCC(=O)NC2=O)C3=O)CC1)C1C=Nc2cccc(Br)c2N1. The number of rotatable bonds is 12. The second-order valence-corrected chi connectivity index (χ2v) is 12.9. The van der Waals surface area contributed by atoms with E-state index < -0.39 is 11.9 Å². The fourth-order valence-electron chi connectivity index (χ4n) is 6.29. The molecule has 2 aromatic rings. The molecule has 13 nitrogen and oxygen atoms in total. The second kappa shape index (κ2) is 15.1. The van der Waals surface area contributed by atoms with Gasteiger partial charge in [0.1, 0.15) is 18.4 Å². The first-order valence-corrected chi connectivity index (χ1v) is 16.9. The van der Waals surface area contributed by atoms with Crippen LogP contribution in [-0.4, -0.2) is 96.9 Å². The van der Waals surface area contributed by atoms with Gasteiger partial charge in [-0.2, -0.15) is 0 Å². The average molecular weight is 721 g/mol. The van der Waals surface area contributed by atoms with Crippen LogP contribution in [0.3, 0.4) is 0 Å². The molecule has 2 aromatic carbocycles. The molecule has 0 radical (unpaired) electrons. The Morgan fingerprint density at radius 3 is 2.73 bits per heavy atom. The van der Waals surface area contributed by atoms with E-state index in [4.69, 9.17) is 14.9 Å². The maximum Gasteiger partial charge on any atom is 0.255 e. The van der Waals surface area contributed by atoms with Crippen LogP contribution in [0, 0.1) is 5.41 Å². The summed E-state index contributed by atoms with van der Waals surface area (Å²) in [4.78, 5) is 57.3. The van der Waals surface area contributed by atoms with Crippen molar-refractivity contribution in [2.75, 3.05) is 38.2 Å². The molecule has 4 amide bonds. The Morgan fingerprint density at radius 1 is 1.10 bits per heavy atom. The zero-order chi connectivity index (χ0) is 33.6. The van der Waals surface area contributed by atoms with Crippen LogP contribution in [0.4, 0.5) is 11.4 Å². The highest BCUT2D eigenvalue weighted by atomic mass is 79.9. The van der Waals surface area contributed by atoms with Crippen molar-refractivity contribution in [1.29, 1.82) is 5.41 Å². The number of aliphatic imine (C=N–C) groups is 1. The van der Waals surface area contributed by atoms with Gasteiger partial charge in [-0.05, 0) is 71.1 Å². The van der Waals surface area contributed by atoms with Crippen molar-refractivity contribution in [3.63, 3.8) is 0 Å². The van der Waals surface area contributed by atoms with Gasteiger partial charge in [0.25, 0.3) is 5.91 Å². The minimum Gasteiger partial charge on any atom is -0.491 e. The number of piperidine rings is 2. The lowest BCUT2D eigenvalue weighted by molar-refractivity contribution is -0.137. The number of anilines is 1. The summed E-state index contributed by atoms with van der Waals surface area (Å²) in [6.45, 7) is 2.47. The van der Waals surface area contributed by atoms with Gasteiger partial charge in [-0.25, -0.2) is 0 Å². The van der Waals surface area contributed by atoms with Gasteiger partial charge in [0.15, 0.2) is 0 Å². The Balaban J connectivity index is 0.867. The molecule has 4 aliphatic heterocycles. The molecule has 4 heterocycles. The first-order valence-electron chi connectivity index (χ1n) is 16.1. The van der Waals surface area contributed by atoms with E-state index in [1.165, 1.54) is 11.1 Å². The standard InChI is InChI=1S/C34H38BrN7O6/c35-26-2-1-3-27-32(26)39-28(19-38-27)22(17-36)18-37-23-8-11-41(12-9-23)31(44)10-13-47-14-15-48-24-4-5-25-21(16-24)20-42(34(25)46)29-6-7-30(43)40-33(29)45/h1-5,16-19,23,28-29,36-37,39H,6-15,20H2,(H,40,43,45)/b22-18+,36-17?. The van der Waals surface area contributed by atoms with Gasteiger partial charge in [-0.3, -0.25) is 29.5 Å². The van der Waals surface area contributed by atoms with Crippen molar-refractivity contribution < 1.29 is 28.7 Å². The predicted octanol–water partition coefficient (Wildman–Crippen LogP) is 3.31. The molecule has 0 aromatic heterocycles. The van der Waals surface area contributed by atoms with E-state index in [2.05, 4.69) is 36.9 Å². The number of benzene rings is 2. The highest BCUT2D eigenvalue weighted by Gasteiger charge is 2.39. The predicted molar refractivity (Wildman–Crippen MR) is 183 cm³/mol. The van der Waals surface area contributed by atoms with Gasteiger partial charge in [0, 0.05) is 66.3 Å². The summed E-state index contributed by atoms with van der Waals surface area (Å²) < 4.78 is 12.4. The second-order valence-electron chi connectivity index (χ2n) is 12.1. The first kappa shape index (κ1) is 33.3. The van der Waals surface area contributed by atoms with Crippen LogP contribution >= 0.6 is 15.9 Å². The van der Waals surface area contributed by atoms with Gasteiger partial charge in [-0.15, -0.1) is 0 Å². The molecular weight excluding hydrogens is 682 g/mol. The molecule has 2 fully saturated rings. The lowest BCUT2D eigenvalue weighted by Crippen LogP contribution is -2.52. The van der Waals surface area contributed by atoms with Gasteiger partial charge in [0.2, 0.25) is 17.7 Å². The Morgan fingerprint density at radius 2 is 1.94 bits per heavy atom. The summed E-state index contributed by atoms with van der Waals surface area (Å²) in [5.74, 6) is -0.333. The summed E-state index contributed by atoms with van der Waals surface area (Å²) in [5, 5.41) is 17.1. The van der Waals surface area contributed by atoms with Crippen molar-refractivity contribution in [2.24, 2.45) is 4.99 Å². The van der Waals surface area contributed by atoms with Crippen molar-refractivity contribution in [1.82, 2.24) is 20.4 Å². The third-order valence-electron chi connectivity index (χ3n) is 8.96. The summed E-state index contributed by atoms with van der Waals surface area (Å²) in [7, 11) is 0. The van der Waals surface area contributed by atoms with Gasteiger partial charge in [0.05, 0.1) is 37.1 Å². The average Bonchev–Trinajstić information content (AvgIpc) is 3.41. The van der Waals surface area contributed by atoms with E-state index in [1.807, 2.05) is 29.3 Å². The van der Waals surface area contributed by atoms with Crippen LogP contribution in [0.25, 0.3) is 0 Å². The van der Waals surface area contributed by atoms with E-state index in [1.54, 1.807) is 24.4 Å². The van der Waals surface area contributed by atoms with Crippen LogP contribution in [0.15, 0.2) is 57.6 Å². The number of halogens is 1. The van der Waals surface area contributed by atoms with Crippen molar-refractivity contribution in [3.8, 4) is 5.75 Å². The number of ether oxygens (including phenoxy) is 2. The third-order valence-corrected chi connectivity index (χ3v) is 9.63. The molecule has 0 spiro atoms. The molecule has 2 atom stereocenters. The number of nitrogens with zero attached hydrogens (tertiary/aromatic N) is 3. The minimum atomic E-state index is -0.656. The number of likely N-dealkylation sites (tertiary alicyclic amines) is 1. The fourth-order valence-corrected chi connectivity index (χ4v) is 6.76. The zero-order valence-corrected chi connectivity index (χ0v) is 28.0. The normalized spacial score (nSPS) is 20.9. The van der Waals surface area contributed by atoms with Gasteiger partial charge >= 0.3 is 0 Å². The molecule has 0 bridgehead atoms. The molecule has 6 rings (SSSR count). The van der Waals surface area contributed by atoms with E-state index in [9.17, 15) is 19.2 Å². The van der Waals surface area contributed by atoms with Gasteiger partial charge < -0.3 is 35.3 Å². The third kappa shape index (κ3) is 7.60. The summed E-state index contributed by atoms with van der Waals surface area (Å²) >= 11 is 3.56. The summed E-state index contributed by atoms with van der Waals surface area (Å²) in [5.41, 5.74) is 3.82. The Kier molecular flexibility index (Phi) is 10.5. The molecule has 48 heavy (non-hydrogen) atoms. The van der Waals surface area contributed by atoms with Gasteiger partial charge in [-0.1, -0.05) is 6.07 Å². The Bertz CT molecular complexity index is 1650. The summed E-state index contributed by atoms with van der Waals surface area (Å²) in [6, 6.07) is 10.4. The molecule has 0 saturated carbocycles. The quantitative estimate of drug-likeness (QED) is 0.147. The number of fused-ring (bicyclic) bond motifs is 2. The van der Waals surface area contributed by atoms with Crippen LogP contribution in [0.5, 0.6) is 5.75 Å². The number of hydrogen-bond donors (Lipinski definition) is 4. The maximum atomic E-state index is 12.9. The van der Waals surface area contributed by atoms with Crippen LogP contribution in [0.2, 0.25) is 0 Å². The van der Waals surface area contributed by atoms with Crippen molar-refractivity contribution in [3.05, 3.63) is 63.8 Å². The molecular formula is C34H38BrN7O6. The van der Waals surface area contributed by atoms with E-state index in [-0.39, 0.29) is 55.8 Å². The van der Waals surface area contributed by atoms with E-state index in [0.717, 1.165) is 39.8 Å². The van der Waals surface area contributed by atoms with E-state index >= 15 is 0 Å². The topological polar surface area (TPSA) is 166 Å². The van der Waals surface area contributed by atoms with Crippen molar-refractivity contribution in [2.45, 2.75) is 56.8 Å². The number of para-hydroxylation sites is 1. The highest BCUT2D eigenvalue weighted by molar-refractivity contribution is 9.10. The number of carbonyl (C=O) groups is 4. The van der Waals surface area contributed by atoms with Crippen LogP contribution < -0.4 is 20.7 Å². The fraction of sp³-hybridized carbons (Fsp3) is 0.412. The molecule has 0 aliphatic carbocycles. The van der Waals surface area contributed by atoms with Crippen LogP contribution in [0.1, 0.15) is 48.0 Å². The summed E-state index contributed by atoms with van der Waals surface area (Å²) in [6.07, 6.45) is 7.43.